The molecular formula is C17H20FN3O3S. The molecule has 1 aromatic carbocycles. The third-order valence-corrected chi connectivity index (χ3v) is 4.10. The number of ether oxygens (including phenoxy) is 1. The third kappa shape index (κ3) is 5.01. The molecule has 0 saturated heterocycles. The van der Waals surface area contributed by atoms with E-state index in [1.165, 1.54) is 0 Å². The van der Waals surface area contributed by atoms with Crippen molar-refractivity contribution in [3.05, 3.63) is 35.2 Å². The molecule has 0 aliphatic heterocycles. The van der Waals surface area contributed by atoms with Crippen LogP contribution in [0.15, 0.2) is 28.8 Å². The average Bonchev–Trinajstić information content (AvgIpc) is 3.20. The third-order valence-electron chi connectivity index (χ3n) is 2.97. The maximum absolute atomic E-state index is 9.50. The van der Waals surface area contributed by atoms with E-state index in [0.29, 0.717) is 24.4 Å². The average molecular weight is 365 g/mol. The zero-order chi connectivity index (χ0) is 18.4. The van der Waals surface area contributed by atoms with Gasteiger partial charge in [0.15, 0.2) is 17.0 Å². The van der Waals surface area contributed by atoms with Gasteiger partial charge in [-0.1, -0.05) is 11.3 Å². The van der Waals surface area contributed by atoms with Crippen molar-refractivity contribution in [2.45, 2.75) is 13.2 Å². The SMILES string of the molecule is CC(O)Oc1ccc2nc(C=Cc3cnc(N(C)C)s3)oc2c1.CF. The highest BCUT2D eigenvalue weighted by molar-refractivity contribution is 7.16. The van der Waals surface area contributed by atoms with Crippen LogP contribution in [0, 0.1) is 0 Å². The molecule has 1 atom stereocenters. The van der Waals surface area contributed by atoms with Crippen LogP contribution in [-0.2, 0) is 0 Å². The Kier molecular flexibility index (Phi) is 6.49. The van der Waals surface area contributed by atoms with Crippen molar-refractivity contribution in [1.82, 2.24) is 9.97 Å². The van der Waals surface area contributed by atoms with Gasteiger partial charge in [0.1, 0.15) is 11.3 Å². The van der Waals surface area contributed by atoms with Gasteiger partial charge in [0.05, 0.1) is 7.18 Å². The highest BCUT2D eigenvalue weighted by Crippen LogP contribution is 2.25. The van der Waals surface area contributed by atoms with Crippen LogP contribution < -0.4 is 9.64 Å². The van der Waals surface area contributed by atoms with E-state index in [1.807, 2.05) is 37.3 Å². The molecule has 0 aliphatic rings. The first-order valence-corrected chi connectivity index (χ1v) is 8.27. The Hall–Kier alpha value is -2.45. The molecule has 8 heteroatoms. The summed E-state index contributed by atoms with van der Waals surface area (Å²) in [5.74, 6) is 1.05. The van der Waals surface area contributed by atoms with E-state index in [2.05, 4.69) is 9.97 Å². The van der Waals surface area contributed by atoms with Crippen LogP contribution in [0.5, 0.6) is 5.75 Å². The van der Waals surface area contributed by atoms with Gasteiger partial charge in [-0.25, -0.2) is 9.97 Å². The minimum Gasteiger partial charge on any atom is -0.465 e. The monoisotopic (exact) mass is 365 g/mol. The zero-order valence-electron chi connectivity index (χ0n) is 14.4. The van der Waals surface area contributed by atoms with Gasteiger partial charge in [0, 0.05) is 37.3 Å². The number of thiazole rings is 1. The Morgan fingerprint density at radius 2 is 2.08 bits per heavy atom. The number of aromatic nitrogens is 2. The molecule has 0 radical (unpaired) electrons. The quantitative estimate of drug-likeness (QED) is 0.693. The Morgan fingerprint density at radius 1 is 1.32 bits per heavy atom. The lowest BCUT2D eigenvalue weighted by atomic mass is 10.3. The Balaban J connectivity index is 0.00000109. The van der Waals surface area contributed by atoms with E-state index in [1.54, 1.807) is 36.5 Å². The zero-order valence-corrected chi connectivity index (χ0v) is 15.2. The highest BCUT2D eigenvalue weighted by Gasteiger charge is 2.07. The number of rotatable bonds is 5. The van der Waals surface area contributed by atoms with Crippen LogP contribution in [0.1, 0.15) is 17.7 Å². The molecule has 0 fully saturated rings. The predicted octanol–water partition coefficient (Wildman–Crippen LogP) is 3.82. The van der Waals surface area contributed by atoms with Crippen molar-refractivity contribution >= 4 is 39.7 Å². The molecule has 1 unspecified atom stereocenters. The summed E-state index contributed by atoms with van der Waals surface area (Å²) in [5.41, 5.74) is 1.35. The molecule has 1 N–H and O–H groups in total. The van der Waals surface area contributed by atoms with E-state index in [0.717, 1.165) is 15.5 Å². The van der Waals surface area contributed by atoms with Gasteiger partial charge >= 0.3 is 0 Å². The van der Waals surface area contributed by atoms with Crippen LogP contribution >= 0.6 is 11.3 Å². The molecule has 0 spiro atoms. The maximum Gasteiger partial charge on any atom is 0.220 e. The fourth-order valence-corrected chi connectivity index (χ4v) is 2.72. The van der Waals surface area contributed by atoms with Crippen molar-refractivity contribution in [2.24, 2.45) is 0 Å². The second kappa shape index (κ2) is 8.59. The number of halogens is 1. The molecule has 3 aromatic rings. The molecule has 2 aromatic heterocycles. The number of hydrogen-bond acceptors (Lipinski definition) is 7. The van der Waals surface area contributed by atoms with E-state index in [4.69, 9.17) is 9.15 Å². The summed E-state index contributed by atoms with van der Waals surface area (Å²) in [4.78, 5) is 11.7. The lowest BCUT2D eigenvalue weighted by Gasteiger charge is -2.07. The van der Waals surface area contributed by atoms with Crippen LogP contribution in [0.4, 0.5) is 9.52 Å². The standard InChI is InChI=1S/C16H17N3O3S.CH3F/c1-10(20)21-11-4-6-13-14(8-11)22-15(18-13)7-5-12-9-17-16(23-12)19(2)3;1-2/h4-10,20H,1-3H3;1H3. The second-order valence-corrected chi connectivity index (χ2v) is 6.21. The first-order valence-electron chi connectivity index (χ1n) is 7.45. The summed E-state index contributed by atoms with van der Waals surface area (Å²) in [6.07, 6.45) is 4.67. The summed E-state index contributed by atoms with van der Waals surface area (Å²) in [6.45, 7) is 1.55. The lowest BCUT2D eigenvalue weighted by Crippen LogP contribution is -2.09. The van der Waals surface area contributed by atoms with Crippen LogP contribution in [-0.4, -0.2) is 42.6 Å². The van der Waals surface area contributed by atoms with Crippen molar-refractivity contribution in [1.29, 1.82) is 0 Å². The van der Waals surface area contributed by atoms with Gasteiger partial charge in [0.25, 0.3) is 0 Å². The summed E-state index contributed by atoms with van der Waals surface area (Å²) in [7, 11) is 4.42. The van der Waals surface area contributed by atoms with E-state index >= 15 is 0 Å². The molecule has 0 saturated carbocycles. The first kappa shape index (κ1) is 18.9. The van der Waals surface area contributed by atoms with E-state index in [-0.39, 0.29) is 0 Å². The molecule has 6 nitrogen and oxygen atoms in total. The van der Waals surface area contributed by atoms with Crippen molar-refractivity contribution in [2.75, 3.05) is 26.2 Å². The largest absolute Gasteiger partial charge is 0.465 e. The van der Waals surface area contributed by atoms with Crippen molar-refractivity contribution < 1.29 is 18.7 Å². The molecule has 0 bridgehead atoms. The summed E-state index contributed by atoms with van der Waals surface area (Å²) in [6, 6.07) is 5.26. The minimum atomic E-state index is -0.869. The number of aliphatic hydroxyl groups is 1. The van der Waals surface area contributed by atoms with Gasteiger partial charge in [-0.15, -0.1) is 0 Å². The molecule has 0 aliphatic carbocycles. The number of nitrogens with zero attached hydrogens (tertiary/aromatic N) is 3. The molecule has 0 amide bonds. The number of oxazole rings is 1. The molecular weight excluding hydrogens is 345 g/mol. The van der Waals surface area contributed by atoms with E-state index in [9.17, 15) is 9.50 Å². The summed E-state index contributed by atoms with van der Waals surface area (Å²) in [5, 5.41) is 10.2. The smallest absolute Gasteiger partial charge is 0.220 e. The van der Waals surface area contributed by atoms with Crippen molar-refractivity contribution in [3.63, 3.8) is 0 Å². The van der Waals surface area contributed by atoms with Crippen molar-refractivity contribution in [3.8, 4) is 5.75 Å². The number of benzene rings is 1. The fourth-order valence-electron chi connectivity index (χ4n) is 1.98. The first-order chi connectivity index (χ1) is 12.0. The number of aliphatic hydroxyl groups excluding tert-OH is 1. The van der Waals surface area contributed by atoms with Gasteiger partial charge in [0.2, 0.25) is 5.89 Å². The molecule has 25 heavy (non-hydrogen) atoms. The summed E-state index contributed by atoms with van der Waals surface area (Å²) >= 11 is 1.59. The van der Waals surface area contributed by atoms with Gasteiger partial charge in [-0.3, -0.25) is 4.39 Å². The summed E-state index contributed by atoms with van der Waals surface area (Å²) < 4.78 is 20.4. The predicted molar refractivity (Wildman–Crippen MR) is 98.7 cm³/mol. The minimum absolute atomic E-state index is 0.500. The van der Waals surface area contributed by atoms with Gasteiger partial charge < -0.3 is 19.2 Å². The number of anilines is 1. The fraction of sp³-hybridized carbons (Fsp3) is 0.294. The van der Waals surface area contributed by atoms with Crippen LogP contribution in [0.2, 0.25) is 0 Å². The number of fused-ring (bicyclic) bond motifs is 1. The molecule has 134 valence electrons. The van der Waals surface area contributed by atoms with Crippen LogP contribution in [0.25, 0.3) is 23.3 Å². The van der Waals surface area contributed by atoms with Gasteiger partial charge in [-0.05, 0) is 25.1 Å². The number of alkyl halides is 1. The molecule has 3 rings (SSSR count). The Morgan fingerprint density at radius 3 is 2.72 bits per heavy atom. The van der Waals surface area contributed by atoms with Gasteiger partial charge in [-0.2, -0.15) is 0 Å². The normalized spacial score (nSPS) is 12.1. The van der Waals surface area contributed by atoms with E-state index < -0.39 is 6.29 Å². The lowest BCUT2D eigenvalue weighted by molar-refractivity contribution is -0.000226. The Bertz CT molecular complexity index is 843. The number of hydrogen-bond donors (Lipinski definition) is 1. The highest BCUT2D eigenvalue weighted by atomic mass is 32.1. The molecule has 2 heterocycles. The second-order valence-electron chi connectivity index (χ2n) is 5.17. The topological polar surface area (TPSA) is 71.6 Å². The van der Waals surface area contributed by atoms with Crippen LogP contribution in [0.3, 0.4) is 0 Å². The maximum atomic E-state index is 9.50. The Labute approximate surface area is 149 Å².